The van der Waals surface area contributed by atoms with Crippen molar-refractivity contribution >= 4 is 28.3 Å². The van der Waals surface area contributed by atoms with Crippen LogP contribution >= 0.6 is 0 Å². The van der Waals surface area contributed by atoms with Crippen LogP contribution in [0.3, 0.4) is 0 Å². The van der Waals surface area contributed by atoms with Gasteiger partial charge >= 0.3 is 5.97 Å². The third kappa shape index (κ3) is 6.04. The van der Waals surface area contributed by atoms with E-state index in [-0.39, 0.29) is 5.91 Å². The molecule has 0 radical (unpaired) electrons. The summed E-state index contributed by atoms with van der Waals surface area (Å²) in [6.45, 7) is 2.92. The van der Waals surface area contributed by atoms with Crippen molar-refractivity contribution in [3.63, 3.8) is 0 Å². The molecule has 1 aliphatic rings. The first kappa shape index (κ1) is 24.7. The number of carbonyl (C=O) groups is 2. The Morgan fingerprint density at radius 2 is 1.86 bits per heavy atom. The first-order valence-corrected chi connectivity index (χ1v) is 12.7. The molecule has 0 bridgehead atoms. The first-order chi connectivity index (χ1) is 18.1. The van der Waals surface area contributed by atoms with E-state index in [4.69, 9.17) is 4.74 Å². The van der Waals surface area contributed by atoms with Crippen molar-refractivity contribution in [2.45, 2.75) is 25.8 Å². The zero-order valence-electron chi connectivity index (χ0n) is 21.0. The number of carbonyl (C=O) groups excluding carboxylic acids is 2. The van der Waals surface area contributed by atoms with Crippen molar-refractivity contribution in [1.82, 2.24) is 9.88 Å². The topological polar surface area (TPSA) is 71.5 Å². The molecule has 1 aromatic heterocycles. The van der Waals surface area contributed by atoms with E-state index < -0.39 is 5.97 Å². The minimum Gasteiger partial charge on any atom is -0.465 e. The van der Waals surface area contributed by atoms with E-state index in [1.54, 1.807) is 24.3 Å². The molecule has 0 spiro atoms. The molecule has 0 saturated carbocycles. The highest BCUT2D eigenvalue weighted by Gasteiger charge is 2.21. The molecule has 1 atom stereocenters. The average Bonchev–Trinajstić information content (AvgIpc) is 2.93. The van der Waals surface area contributed by atoms with Gasteiger partial charge in [-0.15, -0.1) is 0 Å². The standard InChI is InChI=1S/C31H31N3O3/c1-37-31(36)26-10-4-12-28(18-26)33-30(35)25-9-2-6-22(17-25)20-34-15-5-7-23(21-34)16-24-8-3-11-27-19-32-14-13-29(24)27/h2-4,6,8-14,17-19,23H,5,7,15-16,20-21H2,1H3,(H,33,35). The molecule has 1 amide bonds. The maximum Gasteiger partial charge on any atom is 0.337 e. The summed E-state index contributed by atoms with van der Waals surface area (Å²) in [6.07, 6.45) is 7.27. The van der Waals surface area contributed by atoms with Gasteiger partial charge in [0.05, 0.1) is 12.7 Å². The Morgan fingerprint density at radius 1 is 1.03 bits per heavy atom. The molecule has 5 rings (SSSR count). The summed E-state index contributed by atoms with van der Waals surface area (Å²) in [6, 6.07) is 23.2. The quantitative estimate of drug-likeness (QED) is 0.333. The SMILES string of the molecule is COC(=O)c1cccc(NC(=O)c2cccc(CN3CCCC(Cc4cccc5cnccc45)C3)c2)c1. The van der Waals surface area contributed by atoms with E-state index in [0.29, 0.717) is 22.7 Å². The number of rotatable bonds is 7. The minimum atomic E-state index is -0.435. The van der Waals surface area contributed by atoms with Crippen molar-refractivity contribution in [3.05, 3.63) is 107 Å². The van der Waals surface area contributed by atoms with E-state index in [1.165, 1.54) is 36.3 Å². The number of amides is 1. The molecule has 1 N–H and O–H groups in total. The van der Waals surface area contributed by atoms with Gasteiger partial charge in [-0.2, -0.15) is 0 Å². The molecule has 1 saturated heterocycles. The Kier molecular flexibility index (Phi) is 7.57. The highest BCUT2D eigenvalue weighted by molar-refractivity contribution is 6.05. The van der Waals surface area contributed by atoms with Gasteiger partial charge in [0.25, 0.3) is 5.91 Å². The largest absolute Gasteiger partial charge is 0.465 e. The number of esters is 1. The van der Waals surface area contributed by atoms with Crippen LogP contribution in [0.2, 0.25) is 0 Å². The second-order valence-corrected chi connectivity index (χ2v) is 9.69. The molecule has 0 aliphatic carbocycles. The lowest BCUT2D eigenvalue weighted by Crippen LogP contribution is -2.35. The number of fused-ring (bicyclic) bond motifs is 1. The number of anilines is 1. The predicted octanol–water partition coefficient (Wildman–Crippen LogP) is 5.73. The number of aromatic nitrogens is 1. The average molecular weight is 494 g/mol. The zero-order chi connectivity index (χ0) is 25.6. The molecule has 6 nitrogen and oxygen atoms in total. The lowest BCUT2D eigenvalue weighted by molar-refractivity contribution is 0.0600. The van der Waals surface area contributed by atoms with Crippen LogP contribution in [0.25, 0.3) is 10.8 Å². The van der Waals surface area contributed by atoms with Crippen molar-refractivity contribution in [2.75, 3.05) is 25.5 Å². The van der Waals surface area contributed by atoms with Crippen LogP contribution in [0.1, 0.15) is 44.7 Å². The second-order valence-electron chi connectivity index (χ2n) is 9.69. The van der Waals surface area contributed by atoms with Gasteiger partial charge in [-0.1, -0.05) is 36.4 Å². The van der Waals surface area contributed by atoms with Crippen LogP contribution in [0.4, 0.5) is 5.69 Å². The molecule has 4 aromatic rings. The lowest BCUT2D eigenvalue weighted by Gasteiger charge is -2.33. The fourth-order valence-corrected chi connectivity index (χ4v) is 5.25. The summed E-state index contributed by atoms with van der Waals surface area (Å²) in [5.41, 5.74) is 4.06. The maximum atomic E-state index is 12.9. The molecule has 37 heavy (non-hydrogen) atoms. The molecular weight excluding hydrogens is 462 g/mol. The maximum absolute atomic E-state index is 12.9. The molecular formula is C31H31N3O3. The number of piperidine rings is 1. The van der Waals surface area contributed by atoms with E-state index in [2.05, 4.69) is 45.5 Å². The Morgan fingerprint density at radius 3 is 2.76 bits per heavy atom. The molecule has 6 heteroatoms. The van der Waals surface area contributed by atoms with E-state index in [9.17, 15) is 9.59 Å². The molecule has 1 fully saturated rings. The van der Waals surface area contributed by atoms with Gasteiger partial charge in [0.15, 0.2) is 0 Å². The number of nitrogens with zero attached hydrogens (tertiary/aromatic N) is 2. The highest BCUT2D eigenvalue weighted by Crippen LogP contribution is 2.26. The minimum absolute atomic E-state index is 0.203. The fraction of sp³-hybridized carbons (Fsp3) is 0.258. The monoisotopic (exact) mass is 493 g/mol. The van der Waals surface area contributed by atoms with Gasteiger partial charge in [-0.25, -0.2) is 4.79 Å². The number of hydrogen-bond donors (Lipinski definition) is 1. The molecule has 3 aromatic carbocycles. The van der Waals surface area contributed by atoms with Crippen LogP contribution < -0.4 is 5.32 Å². The molecule has 1 unspecified atom stereocenters. The number of benzene rings is 3. The number of methoxy groups -OCH3 is 1. The van der Waals surface area contributed by atoms with Crippen LogP contribution in [0, 0.1) is 5.92 Å². The summed E-state index contributed by atoms with van der Waals surface area (Å²) in [5, 5.41) is 5.38. The fourth-order valence-electron chi connectivity index (χ4n) is 5.25. The Labute approximate surface area is 217 Å². The van der Waals surface area contributed by atoms with Gasteiger partial charge in [-0.05, 0) is 84.6 Å². The summed E-state index contributed by atoms with van der Waals surface area (Å²) < 4.78 is 4.77. The third-order valence-corrected chi connectivity index (χ3v) is 7.02. The number of hydrogen-bond acceptors (Lipinski definition) is 5. The van der Waals surface area contributed by atoms with Crippen LogP contribution in [0.5, 0.6) is 0 Å². The van der Waals surface area contributed by atoms with Crippen molar-refractivity contribution in [3.8, 4) is 0 Å². The normalized spacial score (nSPS) is 15.9. The Hall–Kier alpha value is -4.03. The van der Waals surface area contributed by atoms with Crippen LogP contribution in [0.15, 0.2) is 85.2 Å². The smallest absolute Gasteiger partial charge is 0.337 e. The molecule has 1 aliphatic heterocycles. The highest BCUT2D eigenvalue weighted by atomic mass is 16.5. The number of pyridine rings is 1. The molecule has 2 heterocycles. The number of nitrogens with one attached hydrogen (secondary N) is 1. The number of ether oxygens (including phenoxy) is 1. The van der Waals surface area contributed by atoms with Gasteiger partial charge in [-0.3, -0.25) is 14.7 Å². The van der Waals surface area contributed by atoms with Gasteiger partial charge in [0, 0.05) is 42.1 Å². The van der Waals surface area contributed by atoms with Gasteiger partial charge < -0.3 is 10.1 Å². The molecule has 188 valence electrons. The summed E-state index contributed by atoms with van der Waals surface area (Å²) in [5.74, 6) is -0.0395. The number of likely N-dealkylation sites (tertiary alicyclic amines) is 1. The van der Waals surface area contributed by atoms with Gasteiger partial charge in [0.2, 0.25) is 0 Å². The Balaban J connectivity index is 1.22. The van der Waals surface area contributed by atoms with E-state index in [1.807, 2.05) is 30.6 Å². The van der Waals surface area contributed by atoms with Gasteiger partial charge in [0.1, 0.15) is 0 Å². The van der Waals surface area contributed by atoms with Crippen LogP contribution in [-0.2, 0) is 17.7 Å². The third-order valence-electron chi connectivity index (χ3n) is 7.02. The summed E-state index contributed by atoms with van der Waals surface area (Å²) in [4.78, 5) is 31.5. The predicted molar refractivity (Wildman–Crippen MR) is 146 cm³/mol. The van der Waals surface area contributed by atoms with E-state index >= 15 is 0 Å². The first-order valence-electron chi connectivity index (χ1n) is 12.7. The zero-order valence-corrected chi connectivity index (χ0v) is 21.0. The summed E-state index contributed by atoms with van der Waals surface area (Å²) >= 11 is 0. The van der Waals surface area contributed by atoms with Crippen molar-refractivity contribution < 1.29 is 14.3 Å². The second kappa shape index (κ2) is 11.4. The van der Waals surface area contributed by atoms with E-state index in [0.717, 1.165) is 31.6 Å². The lowest BCUT2D eigenvalue weighted by atomic mass is 9.89. The summed E-state index contributed by atoms with van der Waals surface area (Å²) in [7, 11) is 1.34. The van der Waals surface area contributed by atoms with Crippen LogP contribution in [-0.4, -0.2) is 42.0 Å². The van der Waals surface area contributed by atoms with Crippen molar-refractivity contribution in [1.29, 1.82) is 0 Å². The Bertz CT molecular complexity index is 1410. The van der Waals surface area contributed by atoms with Crippen molar-refractivity contribution in [2.24, 2.45) is 5.92 Å².